The molecule has 1 aromatic carbocycles. The Morgan fingerprint density at radius 2 is 1.94 bits per heavy atom. The third-order valence-corrected chi connectivity index (χ3v) is 7.32. The van der Waals surface area contributed by atoms with Gasteiger partial charge in [-0.05, 0) is 73.0 Å². The van der Waals surface area contributed by atoms with E-state index in [0.29, 0.717) is 24.8 Å². The van der Waals surface area contributed by atoms with Crippen LogP contribution in [0.5, 0.6) is 5.75 Å². The lowest BCUT2D eigenvalue weighted by atomic mass is 10.00. The molecule has 4 rings (SSSR count). The molecule has 0 radical (unpaired) electrons. The van der Waals surface area contributed by atoms with Crippen molar-refractivity contribution >= 4 is 23.3 Å². The summed E-state index contributed by atoms with van der Waals surface area (Å²) in [5, 5.41) is 4.97. The molecule has 8 heteroatoms. The van der Waals surface area contributed by atoms with Gasteiger partial charge in [-0.1, -0.05) is 26.0 Å². The van der Waals surface area contributed by atoms with Crippen molar-refractivity contribution in [3.05, 3.63) is 75.9 Å². The topological polar surface area (TPSA) is 75.0 Å². The average Bonchev–Trinajstić information content (AvgIpc) is 3.54. The first kappa shape index (κ1) is 25.8. The van der Waals surface area contributed by atoms with Crippen molar-refractivity contribution in [1.29, 1.82) is 0 Å². The van der Waals surface area contributed by atoms with Crippen LogP contribution in [0.2, 0.25) is 0 Å². The van der Waals surface area contributed by atoms with Crippen LogP contribution in [-0.2, 0) is 17.8 Å². The molecule has 3 aromatic rings. The fourth-order valence-corrected chi connectivity index (χ4v) is 5.31. The molecule has 1 unspecified atom stereocenters. The van der Waals surface area contributed by atoms with Gasteiger partial charge in [0, 0.05) is 17.5 Å². The molecular formula is C28H35N3O4S. The number of hydrogen-bond acceptors (Lipinski definition) is 5. The predicted octanol–water partition coefficient (Wildman–Crippen LogP) is 5.59. The molecular weight excluding hydrogens is 474 g/mol. The SMILES string of the molecule is CC(C)NC(=O)N(CC(=O)N1CCc2sccc2C1COc1ccc(C(C)C)cc1)Cc1ccco1. The molecule has 3 amide bonds. The molecule has 0 spiro atoms. The highest BCUT2D eigenvalue weighted by Crippen LogP contribution is 2.34. The van der Waals surface area contributed by atoms with Crippen molar-refractivity contribution in [1.82, 2.24) is 15.1 Å². The molecule has 0 saturated heterocycles. The minimum absolute atomic E-state index is 0.0433. The van der Waals surface area contributed by atoms with Crippen molar-refractivity contribution < 1.29 is 18.7 Å². The molecule has 0 aliphatic carbocycles. The number of carbonyl (C=O) groups excluding carboxylic acids is 2. The van der Waals surface area contributed by atoms with Crippen LogP contribution < -0.4 is 10.1 Å². The maximum Gasteiger partial charge on any atom is 0.318 e. The summed E-state index contributed by atoms with van der Waals surface area (Å²) < 4.78 is 11.6. The van der Waals surface area contributed by atoms with Crippen LogP contribution >= 0.6 is 11.3 Å². The third-order valence-electron chi connectivity index (χ3n) is 6.32. The highest BCUT2D eigenvalue weighted by Gasteiger charge is 2.33. The van der Waals surface area contributed by atoms with E-state index in [1.807, 2.05) is 30.9 Å². The Kier molecular flexibility index (Phi) is 8.36. The molecule has 3 heterocycles. The van der Waals surface area contributed by atoms with Crippen molar-refractivity contribution in [2.24, 2.45) is 0 Å². The van der Waals surface area contributed by atoms with Gasteiger partial charge in [0.2, 0.25) is 5.91 Å². The van der Waals surface area contributed by atoms with Crippen molar-refractivity contribution in [3.8, 4) is 5.75 Å². The van der Waals surface area contributed by atoms with Crippen LogP contribution in [0.4, 0.5) is 4.79 Å². The largest absolute Gasteiger partial charge is 0.491 e. The number of carbonyl (C=O) groups is 2. The number of furan rings is 1. The van der Waals surface area contributed by atoms with Gasteiger partial charge >= 0.3 is 6.03 Å². The summed E-state index contributed by atoms with van der Waals surface area (Å²) >= 11 is 1.72. The van der Waals surface area contributed by atoms with E-state index in [9.17, 15) is 9.59 Å². The zero-order valence-corrected chi connectivity index (χ0v) is 22.2. The van der Waals surface area contributed by atoms with E-state index in [2.05, 4.69) is 42.7 Å². The van der Waals surface area contributed by atoms with Gasteiger partial charge in [0.25, 0.3) is 0 Å². The van der Waals surface area contributed by atoms with Crippen molar-refractivity contribution in [2.45, 2.75) is 58.7 Å². The van der Waals surface area contributed by atoms with Crippen LogP contribution in [-0.4, -0.2) is 47.5 Å². The second-order valence-corrected chi connectivity index (χ2v) is 10.7. The molecule has 1 N–H and O–H groups in total. The van der Waals surface area contributed by atoms with Crippen LogP contribution in [0, 0.1) is 0 Å². The van der Waals surface area contributed by atoms with Gasteiger partial charge in [0.05, 0.1) is 18.8 Å². The van der Waals surface area contributed by atoms with E-state index >= 15 is 0 Å². The minimum atomic E-state index is -0.291. The predicted molar refractivity (Wildman–Crippen MR) is 141 cm³/mol. The van der Waals surface area contributed by atoms with E-state index in [1.54, 1.807) is 29.7 Å². The van der Waals surface area contributed by atoms with Gasteiger partial charge in [-0.25, -0.2) is 4.79 Å². The van der Waals surface area contributed by atoms with E-state index in [-0.39, 0.29) is 37.1 Å². The quantitative estimate of drug-likeness (QED) is 0.408. The number of nitrogens with zero attached hydrogens (tertiary/aromatic N) is 2. The Morgan fingerprint density at radius 3 is 2.61 bits per heavy atom. The first-order valence-electron chi connectivity index (χ1n) is 12.5. The van der Waals surface area contributed by atoms with Gasteiger partial charge in [-0.15, -0.1) is 11.3 Å². The lowest BCUT2D eigenvalue weighted by Crippen LogP contribution is -2.50. The number of benzene rings is 1. The number of ether oxygens (including phenoxy) is 1. The summed E-state index contributed by atoms with van der Waals surface area (Å²) in [5.41, 5.74) is 2.39. The smallest absolute Gasteiger partial charge is 0.318 e. The van der Waals surface area contributed by atoms with Crippen molar-refractivity contribution in [2.75, 3.05) is 19.7 Å². The fraction of sp³-hybridized carbons (Fsp3) is 0.429. The highest BCUT2D eigenvalue weighted by molar-refractivity contribution is 7.10. The molecule has 36 heavy (non-hydrogen) atoms. The second kappa shape index (κ2) is 11.6. The standard InChI is InChI=1S/C28H35N3O4S/c1-19(2)21-7-9-22(10-8-21)35-18-25-24-12-15-36-26(24)11-13-31(25)27(32)17-30(28(33)29-20(3)4)16-23-6-5-14-34-23/h5-10,12,14-15,19-20,25H,11,13,16-18H2,1-4H3,(H,29,33). The summed E-state index contributed by atoms with van der Waals surface area (Å²) in [4.78, 5) is 31.2. The number of amides is 3. The summed E-state index contributed by atoms with van der Waals surface area (Å²) in [6.45, 7) is 9.24. The van der Waals surface area contributed by atoms with Gasteiger partial charge in [0.1, 0.15) is 24.7 Å². The van der Waals surface area contributed by atoms with Gasteiger partial charge in [0.15, 0.2) is 0 Å². The van der Waals surface area contributed by atoms with Crippen LogP contribution in [0.3, 0.4) is 0 Å². The number of fused-ring (bicyclic) bond motifs is 1. The van der Waals surface area contributed by atoms with Gasteiger partial charge in [-0.3, -0.25) is 4.79 Å². The molecule has 192 valence electrons. The fourth-order valence-electron chi connectivity index (χ4n) is 4.38. The summed E-state index contributed by atoms with van der Waals surface area (Å²) in [7, 11) is 0. The lowest BCUT2D eigenvalue weighted by molar-refractivity contribution is -0.135. The Labute approximate surface area is 217 Å². The van der Waals surface area contributed by atoms with Crippen molar-refractivity contribution in [3.63, 3.8) is 0 Å². The maximum atomic E-state index is 13.6. The lowest BCUT2D eigenvalue weighted by Gasteiger charge is -2.37. The summed E-state index contributed by atoms with van der Waals surface area (Å²) in [6, 6.07) is 13.3. The number of rotatable bonds is 9. The van der Waals surface area contributed by atoms with Gasteiger partial charge in [-0.2, -0.15) is 0 Å². The molecule has 1 atom stereocenters. The van der Waals surface area contributed by atoms with E-state index in [0.717, 1.165) is 17.7 Å². The maximum absolute atomic E-state index is 13.6. The Morgan fingerprint density at radius 1 is 1.17 bits per heavy atom. The van der Waals surface area contributed by atoms with E-state index in [1.165, 1.54) is 15.3 Å². The molecule has 7 nitrogen and oxygen atoms in total. The Bertz CT molecular complexity index is 1140. The molecule has 2 aromatic heterocycles. The Hall–Kier alpha value is -3.26. The first-order valence-corrected chi connectivity index (χ1v) is 13.4. The third kappa shape index (κ3) is 6.29. The number of thiophene rings is 1. The molecule has 0 bridgehead atoms. The summed E-state index contributed by atoms with van der Waals surface area (Å²) in [5.74, 6) is 1.76. The first-order chi connectivity index (χ1) is 17.3. The van der Waals surface area contributed by atoms with E-state index < -0.39 is 0 Å². The zero-order chi connectivity index (χ0) is 25.7. The summed E-state index contributed by atoms with van der Waals surface area (Å²) in [6.07, 6.45) is 2.37. The zero-order valence-electron chi connectivity index (χ0n) is 21.4. The number of hydrogen-bond donors (Lipinski definition) is 1. The highest BCUT2D eigenvalue weighted by atomic mass is 32.1. The second-order valence-electron chi connectivity index (χ2n) is 9.73. The van der Waals surface area contributed by atoms with E-state index in [4.69, 9.17) is 9.15 Å². The number of urea groups is 1. The molecule has 0 saturated carbocycles. The van der Waals surface area contributed by atoms with Crippen LogP contribution in [0.15, 0.2) is 58.5 Å². The van der Waals surface area contributed by atoms with Crippen LogP contribution in [0.1, 0.15) is 61.4 Å². The molecule has 1 aliphatic heterocycles. The minimum Gasteiger partial charge on any atom is -0.491 e. The molecule has 1 aliphatic rings. The van der Waals surface area contributed by atoms with Crippen LogP contribution in [0.25, 0.3) is 0 Å². The van der Waals surface area contributed by atoms with Gasteiger partial charge < -0.3 is 24.3 Å². The number of nitrogens with one attached hydrogen (secondary N) is 1. The monoisotopic (exact) mass is 509 g/mol. The Balaban J connectivity index is 1.50. The molecule has 0 fully saturated rings. The average molecular weight is 510 g/mol. The normalized spacial score (nSPS) is 15.2.